The van der Waals surface area contributed by atoms with Gasteiger partial charge in [-0.25, -0.2) is 0 Å². The highest BCUT2D eigenvalue weighted by atomic mass is 16.5. The van der Waals surface area contributed by atoms with Crippen molar-refractivity contribution in [2.45, 2.75) is 5.41 Å². The van der Waals surface area contributed by atoms with Gasteiger partial charge < -0.3 is 9.15 Å². The van der Waals surface area contributed by atoms with Crippen molar-refractivity contribution in [3.05, 3.63) is 229 Å². The molecule has 0 radical (unpaired) electrons. The lowest BCUT2D eigenvalue weighted by Crippen LogP contribution is -2.28. The van der Waals surface area contributed by atoms with Gasteiger partial charge in [-0.2, -0.15) is 0 Å². The molecule has 59 heavy (non-hydrogen) atoms. The Morgan fingerprint density at radius 3 is 1.78 bits per heavy atom. The molecule has 2 heterocycles. The van der Waals surface area contributed by atoms with E-state index in [9.17, 15) is 0 Å². The van der Waals surface area contributed by atoms with Crippen LogP contribution in [0.2, 0.25) is 0 Å². The van der Waals surface area contributed by atoms with Gasteiger partial charge in [0.05, 0.1) is 5.41 Å². The average Bonchev–Trinajstić information content (AvgIpc) is 3.82. The van der Waals surface area contributed by atoms with Crippen molar-refractivity contribution >= 4 is 43.5 Å². The van der Waals surface area contributed by atoms with Gasteiger partial charge in [-0.15, -0.1) is 0 Å². The van der Waals surface area contributed by atoms with Crippen LogP contribution < -0.4 is 4.74 Å². The number of fused-ring (bicyclic) bond motifs is 9. The van der Waals surface area contributed by atoms with E-state index in [-0.39, 0.29) is 0 Å². The summed E-state index contributed by atoms with van der Waals surface area (Å²) in [7, 11) is 0. The van der Waals surface area contributed by atoms with Crippen LogP contribution in [0.4, 0.5) is 0 Å². The molecule has 0 N–H and O–H groups in total. The predicted octanol–water partition coefficient (Wildman–Crippen LogP) is 15.4. The molecule has 13 rings (SSSR count). The highest BCUT2D eigenvalue weighted by Crippen LogP contribution is 2.57. The number of furan rings is 1. The van der Waals surface area contributed by atoms with Gasteiger partial charge in [0.25, 0.3) is 0 Å². The average molecular weight is 751 g/mol. The molecule has 2 heteroatoms. The van der Waals surface area contributed by atoms with E-state index in [0.29, 0.717) is 0 Å². The van der Waals surface area contributed by atoms with Crippen LogP contribution in [-0.4, -0.2) is 0 Å². The second-order valence-corrected chi connectivity index (χ2v) is 15.9. The molecular formula is C57H34O2. The summed E-state index contributed by atoms with van der Waals surface area (Å²) in [6.07, 6.45) is 0. The Balaban J connectivity index is 0.993. The summed E-state index contributed by atoms with van der Waals surface area (Å²) in [6, 6.07) is 75.1. The molecule has 11 aromatic rings. The third kappa shape index (κ3) is 4.51. The molecule has 0 unspecified atom stereocenters. The predicted molar refractivity (Wildman–Crippen MR) is 242 cm³/mol. The highest BCUT2D eigenvalue weighted by Gasteiger charge is 2.46. The van der Waals surface area contributed by atoms with Gasteiger partial charge in [-0.3, -0.25) is 0 Å². The molecular weight excluding hydrogens is 717 g/mol. The van der Waals surface area contributed by atoms with Gasteiger partial charge in [0.1, 0.15) is 22.7 Å². The van der Waals surface area contributed by atoms with Crippen molar-refractivity contribution in [2.24, 2.45) is 0 Å². The van der Waals surface area contributed by atoms with Crippen LogP contribution in [0.5, 0.6) is 11.5 Å². The van der Waals surface area contributed by atoms with Crippen molar-refractivity contribution in [1.29, 1.82) is 0 Å². The standard InChI is InChI=1S/C57H34O2/c1-3-15-39(16-4-1)57(40-17-5-2-6-18-40)49-23-10-9-19-43(49)44-27-25-38(33-50(44)57)41-28-30-53-56-45(41)21-11-22-46(56)47-32-37(26-29-51(47)58-53)42-20-12-24-52-55(42)48-31-35-13-7-8-14-36(35)34-54(48)59-52/h1-34H. The normalized spacial score (nSPS) is 13.4. The van der Waals surface area contributed by atoms with Gasteiger partial charge in [0.15, 0.2) is 0 Å². The van der Waals surface area contributed by atoms with E-state index in [4.69, 9.17) is 9.15 Å². The van der Waals surface area contributed by atoms with Crippen LogP contribution in [0, 0.1) is 0 Å². The van der Waals surface area contributed by atoms with Crippen LogP contribution in [0.25, 0.3) is 88.0 Å². The lowest BCUT2D eigenvalue weighted by molar-refractivity contribution is 0.487. The first kappa shape index (κ1) is 32.4. The Labute approximate surface area is 341 Å². The second-order valence-electron chi connectivity index (χ2n) is 15.9. The van der Waals surface area contributed by atoms with Crippen LogP contribution in [-0.2, 0) is 5.41 Å². The summed E-state index contributed by atoms with van der Waals surface area (Å²) in [5.74, 6) is 1.74. The molecule has 1 aromatic heterocycles. The van der Waals surface area contributed by atoms with E-state index in [1.165, 1.54) is 66.2 Å². The third-order valence-corrected chi connectivity index (χ3v) is 12.9. The van der Waals surface area contributed by atoms with E-state index in [0.717, 1.165) is 55.5 Å². The summed E-state index contributed by atoms with van der Waals surface area (Å²) in [5.41, 5.74) is 15.9. The van der Waals surface area contributed by atoms with Crippen molar-refractivity contribution in [1.82, 2.24) is 0 Å². The minimum absolute atomic E-state index is 0.467. The first-order valence-electron chi connectivity index (χ1n) is 20.3. The summed E-state index contributed by atoms with van der Waals surface area (Å²) < 4.78 is 13.2. The third-order valence-electron chi connectivity index (χ3n) is 12.9. The molecule has 0 spiro atoms. The lowest BCUT2D eigenvalue weighted by Gasteiger charge is -2.34. The van der Waals surface area contributed by atoms with E-state index < -0.39 is 5.41 Å². The molecule has 1 aliphatic carbocycles. The maximum Gasteiger partial charge on any atom is 0.136 e. The lowest BCUT2D eigenvalue weighted by atomic mass is 9.67. The molecule has 2 aliphatic rings. The van der Waals surface area contributed by atoms with Gasteiger partial charge >= 0.3 is 0 Å². The molecule has 0 bridgehead atoms. The molecule has 0 atom stereocenters. The van der Waals surface area contributed by atoms with Crippen LogP contribution in [0.1, 0.15) is 22.3 Å². The van der Waals surface area contributed by atoms with E-state index in [1.807, 2.05) is 0 Å². The molecule has 10 aromatic carbocycles. The minimum atomic E-state index is -0.467. The first-order chi connectivity index (χ1) is 29.2. The zero-order valence-corrected chi connectivity index (χ0v) is 31.9. The fraction of sp³-hybridized carbons (Fsp3) is 0.0175. The summed E-state index contributed by atoms with van der Waals surface area (Å²) in [6.45, 7) is 0. The van der Waals surface area contributed by atoms with Crippen LogP contribution in [0.3, 0.4) is 0 Å². The maximum atomic E-state index is 6.77. The van der Waals surface area contributed by atoms with Gasteiger partial charge in [0.2, 0.25) is 0 Å². The monoisotopic (exact) mass is 750 g/mol. The van der Waals surface area contributed by atoms with E-state index >= 15 is 0 Å². The largest absolute Gasteiger partial charge is 0.456 e. The molecule has 0 amide bonds. The van der Waals surface area contributed by atoms with Gasteiger partial charge in [-0.05, 0) is 120 Å². The maximum absolute atomic E-state index is 6.77. The zero-order chi connectivity index (χ0) is 38.7. The fourth-order valence-electron chi connectivity index (χ4n) is 10.4. The Kier molecular flexibility index (Phi) is 6.68. The number of benzene rings is 10. The Morgan fingerprint density at radius 2 is 0.949 bits per heavy atom. The topological polar surface area (TPSA) is 22.4 Å². The molecule has 0 saturated carbocycles. The molecule has 2 nitrogen and oxygen atoms in total. The van der Waals surface area contributed by atoms with E-state index in [1.54, 1.807) is 0 Å². The SMILES string of the molecule is c1ccc(C2(c3ccccc3)c3ccccc3-c3ccc(-c4ccc5c6c(cccc46)-c4cc(-c6cccc7oc8cc9ccccc9cc8c67)ccc4O5)cc32)cc1. The van der Waals surface area contributed by atoms with Crippen LogP contribution >= 0.6 is 0 Å². The molecule has 0 fully saturated rings. The van der Waals surface area contributed by atoms with E-state index in [2.05, 4.69) is 206 Å². The Bertz CT molecular complexity index is 3480. The molecule has 0 saturated heterocycles. The second kappa shape index (κ2) is 12.2. The summed E-state index contributed by atoms with van der Waals surface area (Å²) >= 11 is 0. The molecule has 274 valence electrons. The Hall–Kier alpha value is -7.68. The fourth-order valence-corrected chi connectivity index (χ4v) is 10.4. The van der Waals surface area contributed by atoms with Crippen LogP contribution in [0.15, 0.2) is 211 Å². The minimum Gasteiger partial charge on any atom is -0.456 e. The Morgan fingerprint density at radius 1 is 0.322 bits per heavy atom. The quantitative estimate of drug-likeness (QED) is 0.179. The number of hydrogen-bond donors (Lipinski definition) is 0. The van der Waals surface area contributed by atoms with Crippen molar-refractivity contribution < 1.29 is 9.15 Å². The number of hydrogen-bond acceptors (Lipinski definition) is 2. The first-order valence-corrected chi connectivity index (χ1v) is 20.3. The number of rotatable bonds is 4. The summed E-state index contributed by atoms with van der Waals surface area (Å²) in [5, 5.41) is 6.94. The molecule has 1 aliphatic heterocycles. The zero-order valence-electron chi connectivity index (χ0n) is 31.9. The van der Waals surface area contributed by atoms with Gasteiger partial charge in [-0.1, -0.05) is 164 Å². The van der Waals surface area contributed by atoms with Gasteiger partial charge in [0, 0.05) is 21.7 Å². The smallest absolute Gasteiger partial charge is 0.136 e. The highest BCUT2D eigenvalue weighted by molar-refractivity contribution is 6.16. The summed E-state index contributed by atoms with van der Waals surface area (Å²) in [4.78, 5) is 0. The number of ether oxygens (including phenoxy) is 1. The van der Waals surface area contributed by atoms with Crippen molar-refractivity contribution in [3.63, 3.8) is 0 Å². The van der Waals surface area contributed by atoms with Crippen molar-refractivity contribution in [3.8, 4) is 56.0 Å². The van der Waals surface area contributed by atoms with Crippen molar-refractivity contribution in [2.75, 3.05) is 0 Å².